The smallest absolute Gasteiger partial charge is 0.338 e. The Balaban J connectivity index is 2.44. The quantitative estimate of drug-likeness (QED) is 0.938. The lowest BCUT2D eigenvalue weighted by molar-refractivity contribution is 0.0691. The molecule has 0 aromatic carbocycles. The Morgan fingerprint density at radius 1 is 1.32 bits per heavy atom. The molecule has 0 aliphatic heterocycles. The number of aryl methyl sites for hydroxylation is 2. The molecule has 0 aliphatic rings. The Labute approximate surface area is 119 Å². The van der Waals surface area contributed by atoms with Gasteiger partial charge in [0, 0.05) is 5.69 Å². The minimum Gasteiger partial charge on any atom is -0.478 e. The van der Waals surface area contributed by atoms with Gasteiger partial charge >= 0.3 is 5.97 Å². The highest BCUT2D eigenvalue weighted by Gasteiger charge is 2.17. The minimum absolute atomic E-state index is 0.187. The second kappa shape index (κ2) is 5.54. The Morgan fingerprint density at radius 2 is 2.05 bits per heavy atom. The number of aromatic carboxylic acids is 1. The van der Waals surface area contributed by atoms with Crippen LogP contribution in [0.25, 0.3) is 0 Å². The Kier molecular flexibility index (Phi) is 4.01. The standard InChI is InChI=1S/C12H10ClN3O2S/c1-6-5-7(2)14-11(10(6)12(17)18)19-9-4-3-8(13)15-16-9/h3-5H,1-2H3,(H,17,18). The van der Waals surface area contributed by atoms with E-state index in [1.807, 2.05) is 6.92 Å². The molecule has 0 spiro atoms. The van der Waals surface area contributed by atoms with Gasteiger partial charge in [-0.05, 0) is 49.4 Å². The lowest BCUT2D eigenvalue weighted by Crippen LogP contribution is -2.05. The molecule has 2 heterocycles. The molecule has 0 amide bonds. The molecule has 1 N–H and O–H groups in total. The van der Waals surface area contributed by atoms with E-state index in [0.29, 0.717) is 15.6 Å². The predicted molar refractivity (Wildman–Crippen MR) is 71.8 cm³/mol. The largest absolute Gasteiger partial charge is 0.478 e. The van der Waals surface area contributed by atoms with Crippen LogP contribution >= 0.6 is 23.4 Å². The molecule has 0 atom stereocenters. The SMILES string of the molecule is Cc1cc(C)c(C(=O)O)c(Sc2ccc(Cl)nn2)n1. The summed E-state index contributed by atoms with van der Waals surface area (Å²) in [6, 6.07) is 5.01. The summed E-state index contributed by atoms with van der Waals surface area (Å²) in [5, 5.41) is 18.1. The summed E-state index contributed by atoms with van der Waals surface area (Å²) >= 11 is 6.81. The molecular weight excluding hydrogens is 286 g/mol. The van der Waals surface area contributed by atoms with Crippen LogP contribution < -0.4 is 0 Å². The first-order valence-electron chi connectivity index (χ1n) is 5.36. The summed E-state index contributed by atoms with van der Waals surface area (Å²) in [4.78, 5) is 15.5. The highest BCUT2D eigenvalue weighted by Crippen LogP contribution is 2.29. The van der Waals surface area contributed by atoms with Crippen molar-refractivity contribution >= 4 is 29.3 Å². The number of rotatable bonds is 3. The van der Waals surface area contributed by atoms with Crippen LogP contribution in [0.15, 0.2) is 28.3 Å². The van der Waals surface area contributed by atoms with Gasteiger partial charge in [-0.2, -0.15) is 0 Å². The van der Waals surface area contributed by atoms with Crippen LogP contribution in [-0.2, 0) is 0 Å². The number of nitrogens with zero attached hydrogens (tertiary/aromatic N) is 3. The third-order valence-corrected chi connectivity index (χ3v) is 3.45. The average Bonchev–Trinajstić information content (AvgIpc) is 2.30. The number of aromatic nitrogens is 3. The van der Waals surface area contributed by atoms with Gasteiger partial charge in [-0.15, -0.1) is 10.2 Å². The van der Waals surface area contributed by atoms with Crippen molar-refractivity contribution < 1.29 is 9.90 Å². The summed E-state index contributed by atoms with van der Waals surface area (Å²) < 4.78 is 0. The van der Waals surface area contributed by atoms with Gasteiger partial charge in [-0.1, -0.05) is 11.6 Å². The normalized spacial score (nSPS) is 10.5. The van der Waals surface area contributed by atoms with Gasteiger partial charge in [0.15, 0.2) is 5.15 Å². The number of hydrogen-bond donors (Lipinski definition) is 1. The molecule has 2 aromatic rings. The van der Waals surface area contributed by atoms with Gasteiger partial charge in [0.25, 0.3) is 0 Å². The van der Waals surface area contributed by atoms with Crippen molar-refractivity contribution in [1.82, 2.24) is 15.2 Å². The van der Waals surface area contributed by atoms with E-state index in [9.17, 15) is 9.90 Å². The Hall–Kier alpha value is -1.66. The topological polar surface area (TPSA) is 76.0 Å². The van der Waals surface area contributed by atoms with E-state index < -0.39 is 5.97 Å². The zero-order valence-electron chi connectivity index (χ0n) is 10.2. The van der Waals surface area contributed by atoms with E-state index in [1.54, 1.807) is 25.1 Å². The average molecular weight is 296 g/mol. The second-order valence-electron chi connectivity index (χ2n) is 3.86. The number of carbonyl (C=O) groups is 1. The summed E-state index contributed by atoms with van der Waals surface area (Å²) in [7, 11) is 0. The van der Waals surface area contributed by atoms with Crippen molar-refractivity contribution in [1.29, 1.82) is 0 Å². The first-order valence-corrected chi connectivity index (χ1v) is 6.55. The molecule has 0 aliphatic carbocycles. The van der Waals surface area contributed by atoms with Crippen LogP contribution in [0.5, 0.6) is 0 Å². The molecular formula is C12H10ClN3O2S. The minimum atomic E-state index is -1.01. The van der Waals surface area contributed by atoms with E-state index in [-0.39, 0.29) is 10.7 Å². The van der Waals surface area contributed by atoms with Crippen LogP contribution in [0.2, 0.25) is 5.15 Å². The van der Waals surface area contributed by atoms with Crippen LogP contribution in [0, 0.1) is 13.8 Å². The van der Waals surface area contributed by atoms with Gasteiger partial charge < -0.3 is 5.11 Å². The molecule has 0 saturated carbocycles. The second-order valence-corrected chi connectivity index (χ2v) is 5.26. The zero-order valence-corrected chi connectivity index (χ0v) is 11.8. The maximum atomic E-state index is 11.3. The van der Waals surface area contributed by atoms with E-state index in [4.69, 9.17) is 11.6 Å². The molecule has 2 rings (SSSR count). The number of carboxylic acids is 1. The molecule has 7 heteroatoms. The lowest BCUT2D eigenvalue weighted by atomic mass is 10.1. The number of halogens is 1. The molecule has 0 radical (unpaired) electrons. The maximum absolute atomic E-state index is 11.3. The lowest BCUT2D eigenvalue weighted by Gasteiger charge is -2.08. The van der Waals surface area contributed by atoms with E-state index >= 15 is 0 Å². The fraction of sp³-hybridized carbons (Fsp3) is 0.167. The van der Waals surface area contributed by atoms with Crippen molar-refractivity contribution in [3.8, 4) is 0 Å². The van der Waals surface area contributed by atoms with E-state index in [1.165, 1.54) is 0 Å². The molecule has 19 heavy (non-hydrogen) atoms. The first kappa shape index (κ1) is 13.8. The van der Waals surface area contributed by atoms with Crippen LogP contribution in [0.3, 0.4) is 0 Å². The van der Waals surface area contributed by atoms with Crippen molar-refractivity contribution in [3.05, 3.63) is 40.2 Å². The van der Waals surface area contributed by atoms with Gasteiger partial charge in [-0.25, -0.2) is 9.78 Å². The van der Waals surface area contributed by atoms with E-state index in [0.717, 1.165) is 17.5 Å². The summed E-state index contributed by atoms with van der Waals surface area (Å²) in [5.41, 5.74) is 1.61. The van der Waals surface area contributed by atoms with Gasteiger partial charge in [-0.3, -0.25) is 0 Å². The maximum Gasteiger partial charge on any atom is 0.338 e. The first-order chi connectivity index (χ1) is 8.97. The molecule has 2 aromatic heterocycles. The number of hydrogen-bond acceptors (Lipinski definition) is 5. The van der Waals surface area contributed by atoms with E-state index in [2.05, 4.69) is 15.2 Å². The van der Waals surface area contributed by atoms with Crippen molar-refractivity contribution in [2.24, 2.45) is 0 Å². The fourth-order valence-electron chi connectivity index (χ4n) is 1.59. The van der Waals surface area contributed by atoms with Crippen molar-refractivity contribution in [2.45, 2.75) is 23.9 Å². The fourth-order valence-corrected chi connectivity index (χ4v) is 2.65. The monoisotopic (exact) mass is 295 g/mol. The molecule has 0 fully saturated rings. The summed E-state index contributed by atoms with van der Waals surface area (Å²) in [5.74, 6) is -1.01. The summed E-state index contributed by atoms with van der Waals surface area (Å²) in [6.07, 6.45) is 0. The zero-order chi connectivity index (χ0) is 14.0. The third kappa shape index (κ3) is 3.21. The van der Waals surface area contributed by atoms with Crippen molar-refractivity contribution in [2.75, 3.05) is 0 Å². The van der Waals surface area contributed by atoms with Gasteiger partial charge in [0.05, 0.1) is 5.56 Å². The molecule has 0 unspecified atom stereocenters. The third-order valence-electron chi connectivity index (χ3n) is 2.33. The Morgan fingerprint density at radius 3 is 2.63 bits per heavy atom. The Bertz CT molecular complexity index is 632. The highest BCUT2D eigenvalue weighted by atomic mass is 35.5. The van der Waals surface area contributed by atoms with Gasteiger partial charge in [0.1, 0.15) is 10.1 Å². The predicted octanol–water partition coefficient (Wildman–Crippen LogP) is 2.99. The van der Waals surface area contributed by atoms with Gasteiger partial charge in [0.2, 0.25) is 0 Å². The molecule has 0 saturated heterocycles. The van der Waals surface area contributed by atoms with Crippen LogP contribution in [0.1, 0.15) is 21.6 Å². The number of pyridine rings is 1. The summed E-state index contributed by atoms with van der Waals surface area (Å²) in [6.45, 7) is 3.56. The molecule has 98 valence electrons. The molecule has 5 nitrogen and oxygen atoms in total. The molecule has 0 bridgehead atoms. The highest BCUT2D eigenvalue weighted by molar-refractivity contribution is 7.99. The van der Waals surface area contributed by atoms with Crippen LogP contribution in [-0.4, -0.2) is 26.3 Å². The van der Waals surface area contributed by atoms with Crippen LogP contribution in [0.4, 0.5) is 0 Å². The number of carboxylic acid groups (broad SMARTS) is 1. The van der Waals surface area contributed by atoms with Crippen molar-refractivity contribution in [3.63, 3.8) is 0 Å².